The number of hydrogen-bond donors (Lipinski definition) is 2. The van der Waals surface area contributed by atoms with E-state index < -0.39 is 11.7 Å². The summed E-state index contributed by atoms with van der Waals surface area (Å²) in [5.74, 6) is 0. The van der Waals surface area contributed by atoms with Crippen LogP contribution in [0.2, 0.25) is 0 Å². The molecule has 0 fully saturated rings. The first-order valence-corrected chi connectivity index (χ1v) is 6.31. The summed E-state index contributed by atoms with van der Waals surface area (Å²) in [6.07, 6.45) is 8.65. The maximum atomic E-state index is 10.1. The van der Waals surface area contributed by atoms with Crippen LogP contribution in [0.15, 0.2) is 12.3 Å². The highest BCUT2D eigenvalue weighted by Gasteiger charge is 2.40. The number of aliphatic hydroxyl groups is 2. The van der Waals surface area contributed by atoms with Crippen molar-refractivity contribution in [2.45, 2.75) is 70.2 Å². The van der Waals surface area contributed by atoms with Crippen molar-refractivity contribution in [3.63, 3.8) is 0 Å². The Balaban J connectivity index is 2.28. The topological polar surface area (TPSA) is 49.7 Å². The van der Waals surface area contributed by atoms with E-state index in [4.69, 9.17) is 4.74 Å². The zero-order chi connectivity index (χ0) is 12.0. The van der Waals surface area contributed by atoms with E-state index in [0.717, 1.165) is 12.8 Å². The van der Waals surface area contributed by atoms with Crippen molar-refractivity contribution in [2.75, 3.05) is 0 Å². The van der Waals surface area contributed by atoms with E-state index in [9.17, 15) is 10.2 Å². The second-order valence-electron chi connectivity index (χ2n) is 4.83. The van der Waals surface area contributed by atoms with Gasteiger partial charge in [0.1, 0.15) is 17.8 Å². The molecule has 0 aromatic rings. The van der Waals surface area contributed by atoms with Gasteiger partial charge < -0.3 is 14.9 Å². The largest absolute Gasteiger partial charge is 0.495 e. The third-order valence-corrected chi connectivity index (χ3v) is 3.32. The molecule has 94 valence electrons. The van der Waals surface area contributed by atoms with Gasteiger partial charge in [-0.2, -0.15) is 0 Å². The Morgan fingerprint density at radius 2 is 1.94 bits per heavy atom. The maximum Gasteiger partial charge on any atom is 0.129 e. The van der Waals surface area contributed by atoms with Crippen molar-refractivity contribution < 1.29 is 14.9 Å². The predicted octanol–water partition coefficient (Wildman–Crippen LogP) is 2.37. The summed E-state index contributed by atoms with van der Waals surface area (Å²) in [6.45, 7) is 3.83. The molecule has 1 aliphatic heterocycles. The highest BCUT2D eigenvalue weighted by atomic mass is 16.5. The monoisotopic (exact) mass is 228 g/mol. The summed E-state index contributed by atoms with van der Waals surface area (Å²) in [7, 11) is 0. The minimum Gasteiger partial charge on any atom is -0.495 e. The normalized spacial score (nSPS) is 33.8. The van der Waals surface area contributed by atoms with Gasteiger partial charge in [0.2, 0.25) is 0 Å². The van der Waals surface area contributed by atoms with Gasteiger partial charge in [-0.05, 0) is 25.8 Å². The Morgan fingerprint density at radius 3 is 2.62 bits per heavy atom. The Hall–Kier alpha value is -0.540. The van der Waals surface area contributed by atoms with Gasteiger partial charge in [0.05, 0.1) is 6.26 Å². The molecule has 0 radical (unpaired) electrons. The fourth-order valence-corrected chi connectivity index (χ4v) is 2.03. The van der Waals surface area contributed by atoms with Crippen LogP contribution in [0.25, 0.3) is 0 Å². The minimum atomic E-state index is -1.15. The summed E-state index contributed by atoms with van der Waals surface area (Å²) in [5.41, 5.74) is -1.15. The molecule has 16 heavy (non-hydrogen) atoms. The fraction of sp³-hybridized carbons (Fsp3) is 0.846. The molecule has 0 spiro atoms. The molecule has 0 unspecified atom stereocenters. The van der Waals surface area contributed by atoms with Crippen molar-refractivity contribution in [1.82, 2.24) is 0 Å². The molecule has 3 heteroatoms. The van der Waals surface area contributed by atoms with Crippen LogP contribution in [-0.4, -0.2) is 28.0 Å². The van der Waals surface area contributed by atoms with Crippen molar-refractivity contribution in [3.8, 4) is 0 Å². The molecule has 0 bridgehead atoms. The van der Waals surface area contributed by atoms with E-state index in [1.54, 1.807) is 6.92 Å². The first-order valence-electron chi connectivity index (χ1n) is 6.31. The van der Waals surface area contributed by atoms with Crippen LogP contribution in [0, 0.1) is 0 Å². The minimum absolute atomic E-state index is 0.283. The SMILES string of the molecule is CCCCCCC[C@H]1OC=C[C@@H](O)[C@]1(C)O. The first kappa shape index (κ1) is 13.5. The summed E-state index contributed by atoms with van der Waals surface area (Å²) < 4.78 is 5.38. The van der Waals surface area contributed by atoms with Gasteiger partial charge in [0.25, 0.3) is 0 Å². The van der Waals surface area contributed by atoms with Gasteiger partial charge in [-0.15, -0.1) is 0 Å². The summed E-state index contributed by atoms with van der Waals surface area (Å²) in [4.78, 5) is 0. The van der Waals surface area contributed by atoms with Crippen LogP contribution in [0.1, 0.15) is 52.4 Å². The fourth-order valence-electron chi connectivity index (χ4n) is 2.03. The Bertz CT molecular complexity index is 223. The lowest BCUT2D eigenvalue weighted by molar-refractivity contribution is -0.137. The highest BCUT2D eigenvalue weighted by molar-refractivity contribution is 5.04. The van der Waals surface area contributed by atoms with Gasteiger partial charge in [-0.1, -0.05) is 32.6 Å². The Morgan fingerprint density at radius 1 is 1.25 bits per heavy atom. The third kappa shape index (κ3) is 3.49. The molecule has 0 aromatic carbocycles. The molecule has 0 aromatic heterocycles. The standard InChI is InChI=1S/C13H24O3/c1-3-4-5-6-7-8-12-13(2,15)11(14)9-10-16-12/h9-12,14-15H,3-8H2,1-2H3/t11-,12-,13+/m1/s1. The third-order valence-electron chi connectivity index (χ3n) is 3.32. The van der Waals surface area contributed by atoms with E-state index in [1.807, 2.05) is 0 Å². The molecular formula is C13H24O3. The highest BCUT2D eigenvalue weighted by Crippen LogP contribution is 2.27. The van der Waals surface area contributed by atoms with E-state index in [0.29, 0.717) is 0 Å². The van der Waals surface area contributed by atoms with Crippen LogP contribution in [0.4, 0.5) is 0 Å². The zero-order valence-corrected chi connectivity index (χ0v) is 10.4. The molecule has 3 atom stereocenters. The van der Waals surface area contributed by atoms with E-state index in [-0.39, 0.29) is 6.10 Å². The average Bonchev–Trinajstić information content (AvgIpc) is 2.24. The number of hydrogen-bond acceptors (Lipinski definition) is 3. The number of ether oxygens (including phenoxy) is 1. The average molecular weight is 228 g/mol. The second kappa shape index (κ2) is 6.26. The first-order chi connectivity index (χ1) is 7.59. The van der Waals surface area contributed by atoms with Crippen molar-refractivity contribution in [3.05, 3.63) is 12.3 Å². The quantitative estimate of drug-likeness (QED) is 0.686. The van der Waals surface area contributed by atoms with Crippen molar-refractivity contribution in [1.29, 1.82) is 0 Å². The summed E-state index contributed by atoms with van der Waals surface area (Å²) in [5, 5.41) is 19.7. The Labute approximate surface area is 98.1 Å². The van der Waals surface area contributed by atoms with E-state index in [2.05, 4.69) is 6.92 Å². The lowest BCUT2D eigenvalue weighted by Gasteiger charge is -2.37. The second-order valence-corrected chi connectivity index (χ2v) is 4.83. The maximum absolute atomic E-state index is 10.1. The van der Waals surface area contributed by atoms with Crippen LogP contribution in [0.5, 0.6) is 0 Å². The Kier molecular flexibility index (Phi) is 5.29. The van der Waals surface area contributed by atoms with Crippen LogP contribution in [0.3, 0.4) is 0 Å². The van der Waals surface area contributed by atoms with Crippen molar-refractivity contribution in [2.24, 2.45) is 0 Å². The molecule has 1 aliphatic rings. The lowest BCUT2D eigenvalue weighted by Crippen LogP contribution is -2.51. The zero-order valence-electron chi connectivity index (χ0n) is 10.4. The lowest BCUT2D eigenvalue weighted by atomic mass is 9.87. The smallest absolute Gasteiger partial charge is 0.129 e. The molecule has 0 saturated heterocycles. The number of unbranched alkanes of at least 4 members (excludes halogenated alkanes) is 4. The van der Waals surface area contributed by atoms with Gasteiger partial charge in [0, 0.05) is 0 Å². The molecule has 0 aliphatic carbocycles. The van der Waals surface area contributed by atoms with Gasteiger partial charge in [-0.25, -0.2) is 0 Å². The molecule has 2 N–H and O–H groups in total. The van der Waals surface area contributed by atoms with Crippen molar-refractivity contribution >= 4 is 0 Å². The van der Waals surface area contributed by atoms with E-state index >= 15 is 0 Å². The van der Waals surface area contributed by atoms with Gasteiger partial charge in [0.15, 0.2) is 0 Å². The molecule has 0 amide bonds. The van der Waals surface area contributed by atoms with Crippen LogP contribution in [-0.2, 0) is 4.74 Å². The molecule has 3 nitrogen and oxygen atoms in total. The van der Waals surface area contributed by atoms with Crippen LogP contribution >= 0.6 is 0 Å². The summed E-state index contributed by atoms with van der Waals surface area (Å²) >= 11 is 0. The molecule has 0 saturated carbocycles. The predicted molar refractivity (Wildman–Crippen MR) is 64.0 cm³/mol. The van der Waals surface area contributed by atoms with Gasteiger partial charge in [-0.3, -0.25) is 0 Å². The molecular weight excluding hydrogens is 204 g/mol. The molecule has 1 rings (SSSR count). The summed E-state index contributed by atoms with van der Waals surface area (Å²) in [6, 6.07) is 0. The van der Waals surface area contributed by atoms with Crippen LogP contribution < -0.4 is 0 Å². The number of rotatable bonds is 6. The van der Waals surface area contributed by atoms with Gasteiger partial charge >= 0.3 is 0 Å². The number of aliphatic hydroxyl groups excluding tert-OH is 1. The molecule has 1 heterocycles. The van der Waals surface area contributed by atoms with E-state index in [1.165, 1.54) is 38.0 Å².